The van der Waals surface area contributed by atoms with Crippen LogP contribution in [0.15, 0.2) is 47.6 Å². The number of rotatable bonds is 11. The lowest BCUT2D eigenvalue weighted by Crippen LogP contribution is -2.44. The Balaban J connectivity index is 1.38. The molecule has 1 fully saturated rings. The smallest absolute Gasteiger partial charge is 0.411 e. The molecule has 0 spiro atoms. The van der Waals surface area contributed by atoms with Crippen LogP contribution in [0.5, 0.6) is 11.5 Å². The van der Waals surface area contributed by atoms with E-state index in [0.717, 1.165) is 56.0 Å². The van der Waals surface area contributed by atoms with E-state index in [1.54, 1.807) is 19.2 Å². The molecule has 2 heterocycles. The van der Waals surface area contributed by atoms with Gasteiger partial charge in [-0.1, -0.05) is 19.1 Å². The Hall–Kier alpha value is -3.63. The third-order valence-corrected chi connectivity index (χ3v) is 6.96. The summed E-state index contributed by atoms with van der Waals surface area (Å²) in [6.07, 6.45) is 0.722. The van der Waals surface area contributed by atoms with E-state index < -0.39 is 6.09 Å². The molecule has 1 unspecified atom stereocenters. The van der Waals surface area contributed by atoms with Crippen molar-refractivity contribution in [1.29, 1.82) is 0 Å². The predicted molar refractivity (Wildman–Crippen MR) is 150 cm³/mol. The van der Waals surface area contributed by atoms with Crippen molar-refractivity contribution in [2.45, 2.75) is 33.2 Å². The van der Waals surface area contributed by atoms with Gasteiger partial charge in [-0.2, -0.15) is 5.10 Å². The highest BCUT2D eigenvalue weighted by atomic mass is 16.5. The van der Waals surface area contributed by atoms with Crippen LogP contribution in [0.1, 0.15) is 37.8 Å². The summed E-state index contributed by atoms with van der Waals surface area (Å²) >= 11 is 0. The minimum Gasteiger partial charge on any atom is -0.493 e. The summed E-state index contributed by atoms with van der Waals surface area (Å²) in [5.41, 5.74) is 3.32. The average Bonchev–Trinajstić information content (AvgIpc) is 2.95. The number of nitrogens with zero attached hydrogens (tertiary/aromatic N) is 3. The lowest BCUT2D eigenvalue weighted by atomic mass is 9.89. The molecule has 10 heteroatoms. The Morgan fingerprint density at radius 3 is 2.56 bits per heavy atom. The van der Waals surface area contributed by atoms with E-state index in [0.29, 0.717) is 43.4 Å². The third kappa shape index (κ3) is 7.70. The Kier molecular flexibility index (Phi) is 10.2. The maximum absolute atomic E-state index is 12.9. The number of methoxy groups -OCH3 is 1. The number of hydrogen-bond donors (Lipinski definition) is 2. The molecule has 1 atom stereocenters. The van der Waals surface area contributed by atoms with Crippen molar-refractivity contribution in [2.75, 3.05) is 58.4 Å². The molecule has 10 nitrogen and oxygen atoms in total. The highest BCUT2D eigenvalue weighted by molar-refractivity contribution is 6.06. The van der Waals surface area contributed by atoms with Crippen molar-refractivity contribution in [3.8, 4) is 11.5 Å². The van der Waals surface area contributed by atoms with Crippen LogP contribution < -0.4 is 20.1 Å². The second-order valence-corrected chi connectivity index (χ2v) is 9.59. The van der Waals surface area contributed by atoms with Gasteiger partial charge in [0.1, 0.15) is 6.61 Å². The molecule has 0 radical (unpaired) electrons. The average molecular weight is 538 g/mol. The highest BCUT2D eigenvalue weighted by Gasteiger charge is 2.30. The minimum absolute atomic E-state index is 0.0144. The van der Waals surface area contributed by atoms with Gasteiger partial charge in [0.15, 0.2) is 11.5 Å². The zero-order valence-corrected chi connectivity index (χ0v) is 23.1. The molecular weight excluding hydrogens is 498 g/mol. The molecule has 0 bridgehead atoms. The lowest BCUT2D eigenvalue weighted by Gasteiger charge is -2.29. The van der Waals surface area contributed by atoms with Crippen LogP contribution in [0.2, 0.25) is 0 Å². The molecular formula is C29H39N5O5. The molecule has 0 saturated carbocycles. The summed E-state index contributed by atoms with van der Waals surface area (Å²) < 4.78 is 16.5. The molecule has 2 amide bonds. The van der Waals surface area contributed by atoms with Crippen molar-refractivity contribution in [3.05, 3.63) is 53.6 Å². The van der Waals surface area contributed by atoms with Gasteiger partial charge < -0.3 is 19.5 Å². The van der Waals surface area contributed by atoms with Crippen LogP contribution in [0.4, 0.5) is 10.5 Å². The summed E-state index contributed by atoms with van der Waals surface area (Å²) in [7, 11) is 1.61. The topological polar surface area (TPSA) is 105 Å². The predicted octanol–water partition coefficient (Wildman–Crippen LogP) is 3.71. The van der Waals surface area contributed by atoms with Crippen molar-refractivity contribution < 1.29 is 23.8 Å². The Labute approximate surface area is 230 Å². The van der Waals surface area contributed by atoms with Crippen molar-refractivity contribution in [2.24, 2.45) is 11.0 Å². The number of ether oxygens (including phenoxy) is 3. The first kappa shape index (κ1) is 28.4. The van der Waals surface area contributed by atoms with Gasteiger partial charge in [-0.25, -0.2) is 9.80 Å². The fraction of sp³-hybridized carbons (Fsp3) is 0.483. The molecule has 0 aliphatic carbocycles. The molecule has 0 aromatic heterocycles. The minimum atomic E-state index is -0.477. The molecule has 2 aromatic rings. The van der Waals surface area contributed by atoms with Crippen LogP contribution in [0, 0.1) is 5.92 Å². The molecule has 2 N–H and O–H groups in total. The summed E-state index contributed by atoms with van der Waals surface area (Å²) in [4.78, 5) is 27.4. The van der Waals surface area contributed by atoms with Crippen LogP contribution in [-0.2, 0) is 16.1 Å². The summed E-state index contributed by atoms with van der Waals surface area (Å²) in [5.74, 6) is 1.33. The number of amides is 2. The second-order valence-electron chi connectivity index (χ2n) is 9.59. The molecule has 1 saturated heterocycles. The zero-order chi connectivity index (χ0) is 27.6. The molecule has 2 aliphatic rings. The van der Waals surface area contributed by atoms with E-state index in [1.165, 1.54) is 5.01 Å². The van der Waals surface area contributed by atoms with E-state index in [4.69, 9.17) is 19.3 Å². The van der Waals surface area contributed by atoms with Crippen molar-refractivity contribution in [3.63, 3.8) is 0 Å². The van der Waals surface area contributed by atoms with E-state index in [9.17, 15) is 9.59 Å². The Bertz CT molecular complexity index is 1150. The first-order valence-electron chi connectivity index (χ1n) is 13.7. The van der Waals surface area contributed by atoms with E-state index in [1.807, 2.05) is 37.3 Å². The number of hydrazone groups is 1. The van der Waals surface area contributed by atoms with Crippen molar-refractivity contribution >= 4 is 23.4 Å². The van der Waals surface area contributed by atoms with Crippen LogP contribution in [0.3, 0.4) is 0 Å². The Morgan fingerprint density at radius 2 is 1.87 bits per heavy atom. The first-order valence-corrected chi connectivity index (χ1v) is 13.7. The maximum atomic E-state index is 12.9. The van der Waals surface area contributed by atoms with Gasteiger partial charge in [0.05, 0.1) is 26.0 Å². The van der Waals surface area contributed by atoms with Gasteiger partial charge in [0.2, 0.25) is 5.91 Å². The maximum Gasteiger partial charge on any atom is 0.411 e. The number of carbonyl (C=O) groups is 2. The van der Waals surface area contributed by atoms with Crippen LogP contribution >= 0.6 is 0 Å². The lowest BCUT2D eigenvalue weighted by molar-refractivity contribution is -0.133. The SMILES string of the molecule is CCOc1cc(C2=NN(Cc3ccc(NC(=O)OCCN4CCNCC4)cc3)C(=O)CC2CC)ccc1OC. The van der Waals surface area contributed by atoms with Crippen molar-refractivity contribution in [1.82, 2.24) is 15.2 Å². The molecule has 39 heavy (non-hydrogen) atoms. The normalized spacial score (nSPS) is 17.9. The van der Waals surface area contributed by atoms with E-state index in [-0.39, 0.29) is 11.8 Å². The van der Waals surface area contributed by atoms with E-state index in [2.05, 4.69) is 22.5 Å². The molecule has 2 aromatic carbocycles. The fourth-order valence-electron chi connectivity index (χ4n) is 4.76. The van der Waals surface area contributed by atoms with Gasteiger partial charge in [-0.3, -0.25) is 15.0 Å². The van der Waals surface area contributed by atoms with Crippen LogP contribution in [-0.4, -0.2) is 80.7 Å². The monoisotopic (exact) mass is 537 g/mol. The number of anilines is 1. The fourth-order valence-corrected chi connectivity index (χ4v) is 4.76. The molecule has 210 valence electrons. The number of nitrogens with one attached hydrogen (secondary N) is 2. The van der Waals surface area contributed by atoms with Gasteiger partial charge in [-0.15, -0.1) is 0 Å². The molecule has 4 rings (SSSR count). The first-order chi connectivity index (χ1) is 19.0. The van der Waals surface area contributed by atoms with E-state index >= 15 is 0 Å². The quantitative estimate of drug-likeness (QED) is 0.450. The van der Waals surface area contributed by atoms with Crippen LogP contribution in [0.25, 0.3) is 0 Å². The number of piperazine rings is 1. The summed E-state index contributed by atoms with van der Waals surface area (Å²) in [5, 5.41) is 12.4. The summed E-state index contributed by atoms with van der Waals surface area (Å²) in [6, 6.07) is 13.1. The Morgan fingerprint density at radius 1 is 1.10 bits per heavy atom. The third-order valence-electron chi connectivity index (χ3n) is 6.96. The van der Waals surface area contributed by atoms with Gasteiger partial charge >= 0.3 is 6.09 Å². The highest BCUT2D eigenvalue weighted by Crippen LogP contribution is 2.32. The van der Waals surface area contributed by atoms with Gasteiger partial charge in [0.25, 0.3) is 0 Å². The molecule has 2 aliphatic heterocycles. The number of hydrogen-bond acceptors (Lipinski definition) is 8. The standard InChI is InChI=1S/C29H39N5O5/c1-4-22-19-27(35)34(32-28(22)23-8-11-25(37-3)26(18-23)38-5-2)20-21-6-9-24(10-7-21)31-29(36)39-17-16-33-14-12-30-13-15-33/h6-11,18,22,30H,4-5,12-17,19-20H2,1-3H3,(H,31,36). The largest absolute Gasteiger partial charge is 0.493 e. The second kappa shape index (κ2) is 14.0. The zero-order valence-electron chi connectivity index (χ0n) is 23.1. The van der Waals surface area contributed by atoms with Gasteiger partial charge in [-0.05, 0) is 49.2 Å². The summed E-state index contributed by atoms with van der Waals surface area (Å²) in [6.45, 7) is 9.78. The number of benzene rings is 2. The van der Waals surface area contributed by atoms with Gasteiger partial charge in [0, 0.05) is 56.3 Å². The number of carbonyl (C=O) groups excluding carboxylic acids is 2.